The topological polar surface area (TPSA) is 45.1 Å². The molecule has 1 aliphatic rings. The van der Waals surface area contributed by atoms with Crippen molar-refractivity contribution in [2.45, 2.75) is 38.2 Å². The molecule has 2 unspecified atom stereocenters. The lowest BCUT2D eigenvalue weighted by Crippen LogP contribution is -2.41. The molecule has 0 bridgehead atoms. The van der Waals surface area contributed by atoms with Gasteiger partial charge in [0.1, 0.15) is 5.82 Å². The molecular weight excluding hydrogens is 238 g/mol. The number of halogens is 2. The number of hydrogen-bond acceptors (Lipinski definition) is 3. The first-order valence-electron chi connectivity index (χ1n) is 6.26. The third-order valence-corrected chi connectivity index (χ3v) is 3.46. The SMILES string of the molecule is CC1CCCC(O)(CNc2ncc(F)cc2F)C1. The van der Waals surface area contributed by atoms with E-state index in [4.69, 9.17) is 0 Å². The molecule has 0 aromatic carbocycles. The lowest BCUT2D eigenvalue weighted by Gasteiger charge is -2.35. The third kappa shape index (κ3) is 3.16. The summed E-state index contributed by atoms with van der Waals surface area (Å²) in [5, 5.41) is 13.1. The van der Waals surface area contributed by atoms with Gasteiger partial charge < -0.3 is 10.4 Å². The normalized spacial score (nSPS) is 28.1. The van der Waals surface area contributed by atoms with Gasteiger partial charge in [-0.05, 0) is 18.8 Å². The Morgan fingerprint density at radius 2 is 2.33 bits per heavy atom. The lowest BCUT2D eigenvalue weighted by atomic mass is 9.79. The van der Waals surface area contributed by atoms with E-state index in [1.807, 2.05) is 0 Å². The molecule has 100 valence electrons. The van der Waals surface area contributed by atoms with E-state index in [1.165, 1.54) is 0 Å². The van der Waals surface area contributed by atoms with Crippen molar-refractivity contribution < 1.29 is 13.9 Å². The third-order valence-electron chi connectivity index (χ3n) is 3.46. The molecule has 0 spiro atoms. The highest BCUT2D eigenvalue weighted by molar-refractivity contribution is 5.36. The molecule has 2 N–H and O–H groups in total. The minimum Gasteiger partial charge on any atom is -0.388 e. The monoisotopic (exact) mass is 256 g/mol. The van der Waals surface area contributed by atoms with Crippen molar-refractivity contribution in [2.24, 2.45) is 5.92 Å². The van der Waals surface area contributed by atoms with E-state index in [1.54, 1.807) is 0 Å². The summed E-state index contributed by atoms with van der Waals surface area (Å²) < 4.78 is 26.0. The molecule has 18 heavy (non-hydrogen) atoms. The van der Waals surface area contributed by atoms with Crippen molar-refractivity contribution in [1.29, 1.82) is 0 Å². The van der Waals surface area contributed by atoms with Crippen LogP contribution in [-0.4, -0.2) is 22.2 Å². The van der Waals surface area contributed by atoms with Crippen LogP contribution >= 0.6 is 0 Å². The average molecular weight is 256 g/mol. The van der Waals surface area contributed by atoms with Crippen LogP contribution in [0, 0.1) is 17.6 Å². The molecule has 0 saturated heterocycles. The maximum absolute atomic E-state index is 13.4. The Kier molecular flexibility index (Phi) is 3.80. The first-order valence-corrected chi connectivity index (χ1v) is 6.26. The summed E-state index contributed by atoms with van der Waals surface area (Å²) in [5.74, 6) is -0.981. The zero-order valence-electron chi connectivity index (χ0n) is 10.4. The average Bonchev–Trinajstić information content (AvgIpc) is 2.27. The second kappa shape index (κ2) is 5.18. The highest BCUT2D eigenvalue weighted by Gasteiger charge is 2.32. The van der Waals surface area contributed by atoms with Crippen LogP contribution in [0.15, 0.2) is 12.3 Å². The second-order valence-electron chi connectivity index (χ2n) is 5.26. The fourth-order valence-corrected chi connectivity index (χ4v) is 2.59. The van der Waals surface area contributed by atoms with Crippen LogP contribution in [0.1, 0.15) is 32.6 Å². The molecule has 0 amide bonds. The van der Waals surface area contributed by atoms with Crippen molar-refractivity contribution in [2.75, 3.05) is 11.9 Å². The molecule has 1 heterocycles. The van der Waals surface area contributed by atoms with E-state index in [2.05, 4.69) is 17.2 Å². The van der Waals surface area contributed by atoms with E-state index < -0.39 is 17.2 Å². The quantitative estimate of drug-likeness (QED) is 0.874. The van der Waals surface area contributed by atoms with Gasteiger partial charge in [-0.25, -0.2) is 13.8 Å². The highest BCUT2D eigenvalue weighted by atomic mass is 19.1. The Balaban J connectivity index is 1.98. The molecule has 1 aliphatic carbocycles. The first-order chi connectivity index (χ1) is 8.48. The number of aromatic nitrogens is 1. The fraction of sp³-hybridized carbons (Fsp3) is 0.615. The van der Waals surface area contributed by atoms with Crippen LogP contribution in [0.2, 0.25) is 0 Å². The molecular formula is C13H18F2N2O. The standard InChI is InChI=1S/C13H18F2N2O/c1-9-3-2-4-13(18,6-9)8-17-12-11(15)5-10(14)7-16-12/h5,7,9,18H,2-4,6,8H2,1H3,(H,16,17). The van der Waals surface area contributed by atoms with Crippen LogP contribution in [-0.2, 0) is 0 Å². The molecule has 1 aromatic heterocycles. The van der Waals surface area contributed by atoms with E-state index >= 15 is 0 Å². The van der Waals surface area contributed by atoms with Crippen LogP contribution in [0.25, 0.3) is 0 Å². The van der Waals surface area contributed by atoms with Crippen molar-refractivity contribution in [3.8, 4) is 0 Å². The fourth-order valence-electron chi connectivity index (χ4n) is 2.59. The summed E-state index contributed by atoms with van der Waals surface area (Å²) in [7, 11) is 0. The van der Waals surface area contributed by atoms with Gasteiger partial charge >= 0.3 is 0 Å². The van der Waals surface area contributed by atoms with Crippen molar-refractivity contribution in [1.82, 2.24) is 4.98 Å². The maximum Gasteiger partial charge on any atom is 0.168 e. The lowest BCUT2D eigenvalue weighted by molar-refractivity contribution is -0.000871. The van der Waals surface area contributed by atoms with Crippen molar-refractivity contribution in [3.05, 3.63) is 23.9 Å². The summed E-state index contributed by atoms with van der Waals surface area (Å²) in [5.41, 5.74) is -0.819. The summed E-state index contributed by atoms with van der Waals surface area (Å²) in [6.07, 6.45) is 4.44. The molecule has 0 aliphatic heterocycles. The van der Waals surface area contributed by atoms with Gasteiger partial charge in [0, 0.05) is 12.6 Å². The Morgan fingerprint density at radius 3 is 3.00 bits per heavy atom. The Hall–Kier alpha value is -1.23. The molecule has 1 fully saturated rings. The van der Waals surface area contributed by atoms with Crippen LogP contribution in [0.4, 0.5) is 14.6 Å². The number of nitrogens with zero attached hydrogens (tertiary/aromatic N) is 1. The molecule has 0 radical (unpaired) electrons. The molecule has 5 heteroatoms. The van der Waals surface area contributed by atoms with Gasteiger partial charge in [-0.3, -0.25) is 0 Å². The highest BCUT2D eigenvalue weighted by Crippen LogP contribution is 2.32. The van der Waals surface area contributed by atoms with Crippen LogP contribution < -0.4 is 5.32 Å². The van der Waals surface area contributed by atoms with Crippen molar-refractivity contribution >= 4 is 5.82 Å². The largest absolute Gasteiger partial charge is 0.388 e. The van der Waals surface area contributed by atoms with Crippen LogP contribution in [0.3, 0.4) is 0 Å². The summed E-state index contributed by atoms with van der Waals surface area (Å²) in [4.78, 5) is 3.64. The number of pyridine rings is 1. The zero-order valence-corrected chi connectivity index (χ0v) is 10.4. The molecule has 3 nitrogen and oxygen atoms in total. The predicted molar refractivity (Wildman–Crippen MR) is 65.2 cm³/mol. The van der Waals surface area contributed by atoms with Gasteiger partial charge in [0.25, 0.3) is 0 Å². The second-order valence-corrected chi connectivity index (χ2v) is 5.26. The summed E-state index contributed by atoms with van der Waals surface area (Å²) in [6.45, 7) is 2.34. The van der Waals surface area contributed by atoms with Crippen molar-refractivity contribution in [3.63, 3.8) is 0 Å². The summed E-state index contributed by atoms with van der Waals surface area (Å²) in [6, 6.07) is 0.781. The Bertz CT molecular complexity index is 427. The molecule has 2 rings (SSSR count). The first kappa shape index (κ1) is 13.2. The number of rotatable bonds is 3. The van der Waals surface area contributed by atoms with Gasteiger partial charge in [0.15, 0.2) is 11.6 Å². The number of anilines is 1. The minimum atomic E-state index is -0.819. The molecule has 1 saturated carbocycles. The summed E-state index contributed by atoms with van der Waals surface area (Å²) >= 11 is 0. The maximum atomic E-state index is 13.4. The van der Waals surface area contributed by atoms with Gasteiger partial charge in [0.05, 0.1) is 11.8 Å². The van der Waals surface area contributed by atoms with E-state index in [0.29, 0.717) is 18.8 Å². The van der Waals surface area contributed by atoms with E-state index in [9.17, 15) is 13.9 Å². The molecule has 2 atom stereocenters. The minimum absolute atomic E-state index is 0.0111. The molecule has 1 aromatic rings. The van der Waals surface area contributed by atoms with Gasteiger partial charge in [-0.15, -0.1) is 0 Å². The van der Waals surface area contributed by atoms with Gasteiger partial charge in [-0.2, -0.15) is 0 Å². The Morgan fingerprint density at radius 1 is 1.56 bits per heavy atom. The smallest absolute Gasteiger partial charge is 0.168 e. The van der Waals surface area contributed by atoms with Gasteiger partial charge in [-0.1, -0.05) is 19.8 Å². The van der Waals surface area contributed by atoms with E-state index in [-0.39, 0.29) is 12.4 Å². The van der Waals surface area contributed by atoms with E-state index in [0.717, 1.165) is 25.1 Å². The number of hydrogen-bond donors (Lipinski definition) is 2. The van der Waals surface area contributed by atoms with Crippen LogP contribution in [0.5, 0.6) is 0 Å². The predicted octanol–water partition coefficient (Wildman–Crippen LogP) is 2.71. The van der Waals surface area contributed by atoms with Gasteiger partial charge in [0.2, 0.25) is 0 Å². The Labute approximate surface area is 105 Å². The number of nitrogens with one attached hydrogen (secondary N) is 1. The number of aliphatic hydroxyl groups is 1. The zero-order chi connectivity index (χ0) is 13.2.